The molecule has 17 heavy (non-hydrogen) atoms. The highest BCUT2D eigenvalue weighted by molar-refractivity contribution is 7.99. The van der Waals surface area contributed by atoms with E-state index in [4.69, 9.17) is 5.11 Å². The number of aliphatic carboxylic acids is 1. The van der Waals surface area contributed by atoms with Gasteiger partial charge in [0.15, 0.2) is 0 Å². The van der Waals surface area contributed by atoms with Gasteiger partial charge in [0.25, 0.3) is 0 Å². The molecule has 4 aliphatic carbocycles. The Kier molecular flexibility index (Phi) is 2.92. The lowest BCUT2D eigenvalue weighted by Crippen LogP contribution is -2.51. The number of rotatable bonds is 4. The van der Waals surface area contributed by atoms with Crippen molar-refractivity contribution in [3.8, 4) is 0 Å². The molecular formula is C14H22O2S. The van der Waals surface area contributed by atoms with Crippen molar-refractivity contribution in [2.75, 3.05) is 6.26 Å². The van der Waals surface area contributed by atoms with E-state index in [0.717, 1.165) is 17.8 Å². The second-order valence-electron chi connectivity index (χ2n) is 6.60. The molecule has 1 atom stereocenters. The van der Waals surface area contributed by atoms with E-state index in [2.05, 4.69) is 6.26 Å². The molecule has 0 radical (unpaired) electrons. The standard InChI is InChI=1S/C14H22O2S/c1-17-12(5-13(15)16)14-6-9-2-10(7-14)4-11(3-9)8-14/h9-12H,2-8H2,1H3,(H,15,16). The van der Waals surface area contributed by atoms with Gasteiger partial charge in [-0.3, -0.25) is 4.79 Å². The minimum Gasteiger partial charge on any atom is -0.481 e. The number of hydrogen-bond acceptors (Lipinski definition) is 2. The Morgan fingerprint density at radius 2 is 1.71 bits per heavy atom. The van der Waals surface area contributed by atoms with Gasteiger partial charge in [-0.05, 0) is 67.9 Å². The molecule has 0 spiro atoms. The molecule has 4 saturated carbocycles. The summed E-state index contributed by atoms with van der Waals surface area (Å²) in [5.41, 5.74) is 0.382. The first kappa shape index (κ1) is 11.9. The van der Waals surface area contributed by atoms with Crippen LogP contribution in [0.25, 0.3) is 0 Å². The summed E-state index contributed by atoms with van der Waals surface area (Å²) in [6, 6.07) is 0. The maximum atomic E-state index is 11.0. The third kappa shape index (κ3) is 2.00. The van der Waals surface area contributed by atoms with Crippen molar-refractivity contribution in [2.45, 2.75) is 50.2 Å². The van der Waals surface area contributed by atoms with Crippen molar-refractivity contribution in [1.29, 1.82) is 0 Å². The lowest BCUT2D eigenvalue weighted by atomic mass is 9.48. The molecule has 0 aromatic heterocycles. The number of thioether (sulfide) groups is 1. The summed E-state index contributed by atoms with van der Waals surface area (Å²) in [6.07, 6.45) is 10.7. The fourth-order valence-electron chi connectivity index (χ4n) is 5.28. The van der Waals surface area contributed by atoms with Gasteiger partial charge in [-0.2, -0.15) is 11.8 Å². The van der Waals surface area contributed by atoms with Gasteiger partial charge in [0.05, 0.1) is 6.42 Å². The van der Waals surface area contributed by atoms with E-state index < -0.39 is 5.97 Å². The van der Waals surface area contributed by atoms with Crippen LogP contribution < -0.4 is 0 Å². The molecule has 0 aromatic carbocycles. The SMILES string of the molecule is CSC(CC(=O)O)C12CC3CC(CC(C3)C1)C2. The molecule has 4 aliphatic rings. The van der Waals surface area contributed by atoms with Crippen LogP contribution in [-0.2, 0) is 4.79 Å². The van der Waals surface area contributed by atoms with Crippen molar-refractivity contribution < 1.29 is 9.90 Å². The molecule has 0 aliphatic heterocycles. The minimum atomic E-state index is -0.611. The average Bonchev–Trinajstić information content (AvgIpc) is 2.23. The maximum absolute atomic E-state index is 11.0. The van der Waals surface area contributed by atoms with E-state index in [9.17, 15) is 4.79 Å². The summed E-state index contributed by atoms with van der Waals surface area (Å²) in [4.78, 5) is 11.0. The van der Waals surface area contributed by atoms with Gasteiger partial charge in [0, 0.05) is 5.25 Å². The average molecular weight is 254 g/mol. The Balaban J connectivity index is 1.82. The first-order valence-corrected chi connectivity index (χ1v) is 8.14. The molecule has 96 valence electrons. The van der Waals surface area contributed by atoms with Crippen molar-refractivity contribution >= 4 is 17.7 Å². The van der Waals surface area contributed by atoms with Crippen LogP contribution in [0.15, 0.2) is 0 Å². The molecule has 3 heteroatoms. The van der Waals surface area contributed by atoms with Crippen LogP contribution in [0, 0.1) is 23.2 Å². The lowest BCUT2D eigenvalue weighted by molar-refractivity contribution is -0.138. The van der Waals surface area contributed by atoms with Gasteiger partial charge >= 0.3 is 5.97 Å². The third-order valence-electron chi connectivity index (χ3n) is 5.41. The van der Waals surface area contributed by atoms with E-state index in [0.29, 0.717) is 17.1 Å². The van der Waals surface area contributed by atoms with Gasteiger partial charge in [-0.1, -0.05) is 0 Å². The van der Waals surface area contributed by atoms with Crippen molar-refractivity contribution in [3.63, 3.8) is 0 Å². The van der Waals surface area contributed by atoms with Gasteiger partial charge < -0.3 is 5.11 Å². The van der Waals surface area contributed by atoms with E-state index in [1.54, 1.807) is 11.8 Å². The summed E-state index contributed by atoms with van der Waals surface area (Å²) in [5, 5.41) is 9.46. The molecule has 1 N–H and O–H groups in total. The summed E-state index contributed by atoms with van der Waals surface area (Å²) in [5.74, 6) is 2.15. The summed E-state index contributed by atoms with van der Waals surface area (Å²) < 4.78 is 0. The first-order chi connectivity index (χ1) is 8.11. The predicted octanol–water partition coefficient (Wildman–Crippen LogP) is 3.41. The summed E-state index contributed by atoms with van der Waals surface area (Å²) >= 11 is 1.81. The first-order valence-electron chi connectivity index (χ1n) is 6.86. The van der Waals surface area contributed by atoms with Crippen LogP contribution >= 0.6 is 11.8 Å². The summed E-state index contributed by atoms with van der Waals surface area (Å²) in [6.45, 7) is 0. The molecule has 4 fully saturated rings. The minimum absolute atomic E-state index is 0.355. The fraction of sp³-hybridized carbons (Fsp3) is 0.929. The molecule has 4 rings (SSSR count). The Morgan fingerprint density at radius 1 is 1.24 bits per heavy atom. The van der Waals surface area contributed by atoms with Gasteiger partial charge in [0.1, 0.15) is 0 Å². The zero-order valence-corrected chi connectivity index (χ0v) is 11.3. The quantitative estimate of drug-likeness (QED) is 0.835. The molecule has 0 saturated heterocycles. The number of hydrogen-bond donors (Lipinski definition) is 1. The third-order valence-corrected chi connectivity index (χ3v) is 6.65. The lowest BCUT2D eigenvalue weighted by Gasteiger charge is -2.59. The fourth-order valence-corrected chi connectivity index (χ4v) is 6.38. The van der Waals surface area contributed by atoms with Crippen molar-refractivity contribution in [1.82, 2.24) is 0 Å². The molecule has 2 nitrogen and oxygen atoms in total. The Bertz CT molecular complexity index is 291. The number of carbonyl (C=O) groups is 1. The van der Waals surface area contributed by atoms with Crippen LogP contribution in [0.5, 0.6) is 0 Å². The monoisotopic (exact) mass is 254 g/mol. The van der Waals surface area contributed by atoms with E-state index in [-0.39, 0.29) is 0 Å². The topological polar surface area (TPSA) is 37.3 Å². The van der Waals surface area contributed by atoms with E-state index in [1.165, 1.54) is 38.5 Å². The highest BCUT2D eigenvalue weighted by Gasteiger charge is 2.54. The molecule has 0 aromatic rings. The van der Waals surface area contributed by atoms with Gasteiger partial charge in [-0.15, -0.1) is 0 Å². The molecule has 1 unspecified atom stereocenters. The molecule has 0 heterocycles. The molecule has 4 bridgehead atoms. The van der Waals surface area contributed by atoms with Crippen LogP contribution in [-0.4, -0.2) is 22.6 Å². The zero-order chi connectivity index (χ0) is 12.0. The van der Waals surface area contributed by atoms with E-state index in [1.807, 2.05) is 0 Å². The maximum Gasteiger partial charge on any atom is 0.304 e. The second kappa shape index (κ2) is 4.18. The second-order valence-corrected chi connectivity index (χ2v) is 7.64. The predicted molar refractivity (Wildman–Crippen MR) is 70.2 cm³/mol. The smallest absolute Gasteiger partial charge is 0.304 e. The molecular weight excluding hydrogens is 232 g/mol. The largest absolute Gasteiger partial charge is 0.481 e. The van der Waals surface area contributed by atoms with E-state index >= 15 is 0 Å². The van der Waals surface area contributed by atoms with Crippen LogP contribution in [0.3, 0.4) is 0 Å². The Hall–Kier alpha value is -0.180. The number of carboxylic acid groups (broad SMARTS) is 1. The normalized spacial score (nSPS) is 44.9. The Labute approximate surface area is 108 Å². The van der Waals surface area contributed by atoms with Crippen LogP contribution in [0.1, 0.15) is 44.9 Å². The van der Waals surface area contributed by atoms with Gasteiger partial charge in [-0.25, -0.2) is 0 Å². The summed E-state index contributed by atoms with van der Waals surface area (Å²) in [7, 11) is 0. The van der Waals surface area contributed by atoms with Crippen LogP contribution in [0.2, 0.25) is 0 Å². The van der Waals surface area contributed by atoms with Crippen LogP contribution in [0.4, 0.5) is 0 Å². The highest BCUT2D eigenvalue weighted by atomic mass is 32.2. The highest BCUT2D eigenvalue weighted by Crippen LogP contribution is 2.63. The van der Waals surface area contributed by atoms with Crippen molar-refractivity contribution in [2.24, 2.45) is 23.2 Å². The Morgan fingerprint density at radius 3 is 2.06 bits per heavy atom. The molecule has 0 amide bonds. The zero-order valence-electron chi connectivity index (χ0n) is 10.5. The van der Waals surface area contributed by atoms with Crippen molar-refractivity contribution in [3.05, 3.63) is 0 Å². The van der Waals surface area contributed by atoms with Gasteiger partial charge in [0.2, 0.25) is 0 Å². The number of carboxylic acids is 1.